The summed E-state index contributed by atoms with van der Waals surface area (Å²) in [6.45, 7) is 4.69. The Kier molecular flexibility index (Phi) is 2.32. The maximum Gasteiger partial charge on any atom is 0.0447 e. The quantitative estimate of drug-likeness (QED) is 0.698. The van der Waals surface area contributed by atoms with Gasteiger partial charge in [0.15, 0.2) is 0 Å². The van der Waals surface area contributed by atoms with Crippen molar-refractivity contribution in [1.29, 1.82) is 0 Å². The molecule has 1 nitrogen and oxygen atoms in total. The van der Waals surface area contributed by atoms with Crippen molar-refractivity contribution in [2.75, 3.05) is 11.9 Å². The molecular formula is C16H21N. The van der Waals surface area contributed by atoms with Crippen LogP contribution in [0.15, 0.2) is 36.0 Å². The summed E-state index contributed by atoms with van der Waals surface area (Å²) in [6, 6.07) is 8.80. The third kappa shape index (κ3) is 1.52. The average molecular weight is 227 g/mol. The van der Waals surface area contributed by atoms with Crippen molar-refractivity contribution < 1.29 is 0 Å². The Labute approximate surface area is 104 Å². The molecule has 1 heteroatoms. The number of fused-ring (bicyclic) bond motifs is 1. The lowest BCUT2D eigenvalue weighted by Gasteiger charge is -2.29. The van der Waals surface area contributed by atoms with Crippen LogP contribution in [0.25, 0.3) is 0 Å². The molecule has 1 fully saturated rings. The summed E-state index contributed by atoms with van der Waals surface area (Å²) in [7, 11) is 2.21. The van der Waals surface area contributed by atoms with Gasteiger partial charge in [-0.3, -0.25) is 0 Å². The minimum absolute atomic E-state index is 0.168. The van der Waals surface area contributed by atoms with E-state index in [1.807, 2.05) is 0 Å². The first kappa shape index (κ1) is 10.9. The first-order chi connectivity index (χ1) is 8.10. The molecule has 0 aromatic heterocycles. The molecule has 3 rings (SSSR count). The van der Waals surface area contributed by atoms with Crippen molar-refractivity contribution in [2.45, 2.75) is 38.5 Å². The van der Waals surface area contributed by atoms with Crippen LogP contribution in [0.5, 0.6) is 0 Å². The summed E-state index contributed by atoms with van der Waals surface area (Å²) in [5.74, 6) is 0.820. The maximum absolute atomic E-state index is 2.52. The fourth-order valence-electron chi connectivity index (χ4n) is 3.13. The van der Waals surface area contributed by atoms with Crippen LogP contribution in [0.3, 0.4) is 0 Å². The molecule has 1 saturated carbocycles. The van der Waals surface area contributed by atoms with Crippen LogP contribution in [0.2, 0.25) is 0 Å². The van der Waals surface area contributed by atoms with E-state index in [0.29, 0.717) is 0 Å². The number of anilines is 1. The molecule has 0 atom stereocenters. The molecular weight excluding hydrogens is 206 g/mol. The zero-order chi connectivity index (χ0) is 12.0. The molecule has 90 valence electrons. The van der Waals surface area contributed by atoms with Gasteiger partial charge in [-0.05, 0) is 30.4 Å². The summed E-state index contributed by atoms with van der Waals surface area (Å²) < 4.78 is 0. The predicted molar refractivity (Wildman–Crippen MR) is 73.3 cm³/mol. The van der Waals surface area contributed by atoms with Crippen LogP contribution in [-0.4, -0.2) is 7.05 Å². The minimum atomic E-state index is 0.168. The van der Waals surface area contributed by atoms with Crippen LogP contribution >= 0.6 is 0 Å². The Morgan fingerprint density at radius 2 is 1.94 bits per heavy atom. The third-order valence-electron chi connectivity index (χ3n) is 4.48. The molecule has 1 heterocycles. The Balaban J connectivity index is 2.06. The van der Waals surface area contributed by atoms with Gasteiger partial charge in [0.05, 0.1) is 0 Å². The number of hydrogen-bond acceptors (Lipinski definition) is 1. The van der Waals surface area contributed by atoms with E-state index in [4.69, 9.17) is 0 Å². The summed E-state index contributed by atoms with van der Waals surface area (Å²) >= 11 is 0. The number of benzene rings is 1. The first-order valence-corrected chi connectivity index (χ1v) is 6.66. The third-order valence-corrected chi connectivity index (χ3v) is 4.48. The molecule has 0 radical (unpaired) electrons. The highest BCUT2D eigenvalue weighted by molar-refractivity contribution is 5.69. The van der Waals surface area contributed by atoms with Gasteiger partial charge in [-0.2, -0.15) is 0 Å². The molecule has 0 N–H and O–H groups in total. The van der Waals surface area contributed by atoms with Crippen molar-refractivity contribution in [3.05, 3.63) is 41.6 Å². The maximum atomic E-state index is 2.52. The predicted octanol–water partition coefficient (Wildman–Crippen LogP) is 4.10. The number of hydrogen-bond donors (Lipinski definition) is 0. The van der Waals surface area contributed by atoms with Crippen molar-refractivity contribution >= 4 is 5.69 Å². The van der Waals surface area contributed by atoms with Crippen LogP contribution in [0.1, 0.15) is 38.7 Å². The number of allylic oxidation sites excluding steroid dienone is 2. The standard InChI is InChI=1S/C16H21N/c1-16(2)13-9-4-5-10-14(13)17(3)15(16)11-12-7-6-8-12/h4-5,9-12H,6-8H2,1-3H3. The normalized spacial score (nSPS) is 24.9. The molecule has 2 aliphatic rings. The van der Waals surface area contributed by atoms with Crippen molar-refractivity contribution in [2.24, 2.45) is 5.92 Å². The highest BCUT2D eigenvalue weighted by Gasteiger charge is 2.38. The van der Waals surface area contributed by atoms with Crippen LogP contribution < -0.4 is 4.90 Å². The largest absolute Gasteiger partial charge is 0.347 e. The van der Waals surface area contributed by atoms with Gasteiger partial charge >= 0.3 is 0 Å². The molecule has 1 aliphatic carbocycles. The van der Waals surface area contributed by atoms with Gasteiger partial charge in [0.2, 0.25) is 0 Å². The lowest BCUT2D eigenvalue weighted by atomic mass is 9.79. The monoisotopic (exact) mass is 227 g/mol. The van der Waals surface area contributed by atoms with Gasteiger partial charge in [-0.25, -0.2) is 0 Å². The molecule has 0 spiro atoms. The second-order valence-electron chi connectivity index (χ2n) is 5.94. The minimum Gasteiger partial charge on any atom is -0.347 e. The average Bonchev–Trinajstić information content (AvgIpc) is 2.44. The van der Waals surface area contributed by atoms with E-state index < -0.39 is 0 Å². The van der Waals surface area contributed by atoms with Crippen LogP contribution in [-0.2, 0) is 5.41 Å². The molecule has 0 amide bonds. The van der Waals surface area contributed by atoms with Gasteiger partial charge in [0.25, 0.3) is 0 Å². The first-order valence-electron chi connectivity index (χ1n) is 6.66. The number of nitrogens with zero attached hydrogens (tertiary/aromatic N) is 1. The topological polar surface area (TPSA) is 3.24 Å². The second kappa shape index (κ2) is 3.63. The molecule has 1 aliphatic heterocycles. The summed E-state index contributed by atoms with van der Waals surface area (Å²) in [5.41, 5.74) is 4.50. The summed E-state index contributed by atoms with van der Waals surface area (Å²) in [5, 5.41) is 0. The van der Waals surface area contributed by atoms with E-state index in [2.05, 4.69) is 56.1 Å². The zero-order valence-electron chi connectivity index (χ0n) is 11.0. The van der Waals surface area contributed by atoms with E-state index >= 15 is 0 Å². The summed E-state index contributed by atoms with van der Waals surface area (Å²) in [4.78, 5) is 2.38. The molecule has 0 unspecified atom stereocenters. The Morgan fingerprint density at radius 3 is 2.53 bits per heavy atom. The van der Waals surface area contributed by atoms with E-state index in [1.54, 1.807) is 0 Å². The van der Waals surface area contributed by atoms with Gasteiger partial charge in [0, 0.05) is 23.8 Å². The fourth-order valence-corrected chi connectivity index (χ4v) is 3.13. The molecule has 1 aromatic rings. The Hall–Kier alpha value is -1.24. The number of rotatable bonds is 1. The fraction of sp³-hybridized carbons (Fsp3) is 0.500. The number of likely N-dealkylation sites (N-methyl/N-ethyl adjacent to an activating group) is 1. The van der Waals surface area contributed by atoms with Crippen molar-refractivity contribution in [3.63, 3.8) is 0 Å². The Morgan fingerprint density at radius 1 is 1.24 bits per heavy atom. The second-order valence-corrected chi connectivity index (χ2v) is 5.94. The SMILES string of the molecule is CN1C(=CC2CCC2)C(C)(C)c2ccccc21. The van der Waals surface area contributed by atoms with Gasteiger partial charge in [-0.15, -0.1) is 0 Å². The van der Waals surface area contributed by atoms with E-state index in [-0.39, 0.29) is 5.41 Å². The lowest BCUT2D eigenvalue weighted by molar-refractivity contribution is 0.382. The van der Waals surface area contributed by atoms with Gasteiger partial charge in [-0.1, -0.05) is 44.5 Å². The van der Waals surface area contributed by atoms with Crippen LogP contribution in [0, 0.1) is 5.92 Å². The van der Waals surface area contributed by atoms with Crippen LogP contribution in [0.4, 0.5) is 5.69 Å². The van der Waals surface area contributed by atoms with E-state index in [0.717, 1.165) is 5.92 Å². The van der Waals surface area contributed by atoms with E-state index in [9.17, 15) is 0 Å². The zero-order valence-corrected chi connectivity index (χ0v) is 11.0. The van der Waals surface area contributed by atoms with Gasteiger partial charge < -0.3 is 4.90 Å². The molecule has 0 saturated heterocycles. The number of para-hydroxylation sites is 1. The molecule has 17 heavy (non-hydrogen) atoms. The smallest absolute Gasteiger partial charge is 0.0447 e. The lowest BCUT2D eigenvalue weighted by Crippen LogP contribution is -2.25. The molecule has 0 bridgehead atoms. The van der Waals surface area contributed by atoms with E-state index in [1.165, 1.54) is 36.2 Å². The van der Waals surface area contributed by atoms with Crippen molar-refractivity contribution in [3.8, 4) is 0 Å². The Bertz CT molecular complexity index is 466. The summed E-state index contributed by atoms with van der Waals surface area (Å²) in [6.07, 6.45) is 6.68. The molecule has 1 aromatic carbocycles. The van der Waals surface area contributed by atoms with Gasteiger partial charge in [0.1, 0.15) is 0 Å². The highest BCUT2D eigenvalue weighted by atomic mass is 15.2. The highest BCUT2D eigenvalue weighted by Crippen LogP contribution is 2.47. The van der Waals surface area contributed by atoms with Crippen molar-refractivity contribution in [1.82, 2.24) is 0 Å².